The minimum Gasteiger partial charge on any atom is -0.323 e. The average molecular weight is 321 g/mol. The van der Waals surface area contributed by atoms with Crippen molar-refractivity contribution in [3.05, 3.63) is 30.1 Å². The van der Waals surface area contributed by atoms with Crippen LogP contribution < -0.4 is 5.32 Å². The van der Waals surface area contributed by atoms with Crippen LogP contribution in [0.1, 0.15) is 0 Å². The lowest BCUT2D eigenvalue weighted by Gasteiger charge is -2.12. The van der Waals surface area contributed by atoms with Crippen LogP contribution in [0.25, 0.3) is 11.4 Å². The number of carbonyl (C=O) groups excluding carboxylic acids is 2. The molecule has 114 valence electrons. The number of benzene rings is 1. The summed E-state index contributed by atoms with van der Waals surface area (Å²) in [5.41, 5.74) is 0.653. The molecule has 1 aromatic heterocycles. The summed E-state index contributed by atoms with van der Waals surface area (Å²) in [6.07, 6.45) is 0. The number of anilines is 1. The fourth-order valence-corrected chi connectivity index (χ4v) is 2.84. The molecule has 0 spiro atoms. The van der Waals surface area contributed by atoms with Gasteiger partial charge in [0.2, 0.25) is 17.8 Å². The van der Waals surface area contributed by atoms with Crippen molar-refractivity contribution in [3.63, 3.8) is 0 Å². The SMILES string of the molecule is O=C(CN1CSCC1=O)Nc1n[nH]c(-c2ccc(F)cc2)n1. The minimum absolute atomic E-state index is 0.0216. The second-order valence-corrected chi connectivity index (χ2v) is 5.59. The van der Waals surface area contributed by atoms with E-state index in [1.807, 2.05) is 0 Å². The van der Waals surface area contributed by atoms with E-state index in [4.69, 9.17) is 0 Å². The normalized spacial score (nSPS) is 14.4. The van der Waals surface area contributed by atoms with E-state index in [9.17, 15) is 14.0 Å². The van der Waals surface area contributed by atoms with Crippen LogP contribution in [0.2, 0.25) is 0 Å². The van der Waals surface area contributed by atoms with Crippen molar-refractivity contribution >= 4 is 29.5 Å². The highest BCUT2D eigenvalue weighted by molar-refractivity contribution is 8.00. The first kappa shape index (κ1) is 14.5. The molecule has 1 aliphatic rings. The van der Waals surface area contributed by atoms with Gasteiger partial charge >= 0.3 is 0 Å². The monoisotopic (exact) mass is 321 g/mol. The fourth-order valence-electron chi connectivity index (χ4n) is 1.93. The highest BCUT2D eigenvalue weighted by atomic mass is 32.2. The first-order chi connectivity index (χ1) is 10.6. The number of hydrogen-bond donors (Lipinski definition) is 2. The second kappa shape index (κ2) is 6.14. The molecular weight excluding hydrogens is 309 g/mol. The Morgan fingerprint density at radius 2 is 2.18 bits per heavy atom. The summed E-state index contributed by atoms with van der Waals surface area (Å²) in [5, 5.41) is 9.07. The van der Waals surface area contributed by atoms with Crippen molar-refractivity contribution in [1.29, 1.82) is 0 Å². The third-order valence-electron chi connectivity index (χ3n) is 3.01. The van der Waals surface area contributed by atoms with E-state index in [2.05, 4.69) is 20.5 Å². The number of rotatable bonds is 4. The largest absolute Gasteiger partial charge is 0.323 e. The summed E-state index contributed by atoms with van der Waals surface area (Å²) in [7, 11) is 0. The number of halogens is 1. The first-order valence-electron chi connectivity index (χ1n) is 6.45. The fraction of sp³-hybridized carbons (Fsp3) is 0.231. The molecule has 3 rings (SSSR count). The van der Waals surface area contributed by atoms with Gasteiger partial charge in [-0.2, -0.15) is 4.98 Å². The molecule has 2 heterocycles. The third kappa shape index (κ3) is 3.25. The summed E-state index contributed by atoms with van der Waals surface area (Å²) in [5.74, 6) is 0.698. The molecule has 0 aliphatic carbocycles. The lowest BCUT2D eigenvalue weighted by atomic mass is 10.2. The Hall–Kier alpha value is -2.42. The van der Waals surface area contributed by atoms with Crippen molar-refractivity contribution in [2.75, 3.05) is 23.5 Å². The number of hydrogen-bond acceptors (Lipinski definition) is 5. The first-order valence-corrected chi connectivity index (χ1v) is 7.61. The van der Waals surface area contributed by atoms with E-state index in [-0.39, 0.29) is 30.1 Å². The van der Waals surface area contributed by atoms with Gasteiger partial charge in [0, 0.05) is 5.56 Å². The highest BCUT2D eigenvalue weighted by Crippen LogP contribution is 2.17. The van der Waals surface area contributed by atoms with Crippen LogP contribution in [0.4, 0.5) is 10.3 Å². The summed E-state index contributed by atoms with van der Waals surface area (Å²) in [4.78, 5) is 28.9. The molecule has 7 nitrogen and oxygen atoms in total. The Labute approximate surface area is 129 Å². The predicted molar refractivity (Wildman–Crippen MR) is 79.4 cm³/mol. The van der Waals surface area contributed by atoms with Crippen LogP contribution in [-0.4, -0.2) is 50.1 Å². The zero-order valence-electron chi connectivity index (χ0n) is 11.4. The number of nitrogens with zero attached hydrogens (tertiary/aromatic N) is 3. The Morgan fingerprint density at radius 1 is 1.41 bits per heavy atom. The lowest BCUT2D eigenvalue weighted by molar-refractivity contribution is -0.130. The van der Waals surface area contributed by atoms with E-state index in [1.165, 1.54) is 28.8 Å². The lowest BCUT2D eigenvalue weighted by Crippen LogP contribution is -2.34. The molecule has 1 saturated heterocycles. The highest BCUT2D eigenvalue weighted by Gasteiger charge is 2.23. The van der Waals surface area contributed by atoms with Gasteiger partial charge < -0.3 is 4.90 Å². The zero-order chi connectivity index (χ0) is 15.5. The van der Waals surface area contributed by atoms with Crippen LogP contribution in [0.5, 0.6) is 0 Å². The van der Waals surface area contributed by atoms with E-state index >= 15 is 0 Å². The molecule has 0 saturated carbocycles. The number of amides is 2. The number of nitrogens with one attached hydrogen (secondary N) is 2. The Balaban J connectivity index is 1.62. The molecule has 2 N–H and O–H groups in total. The molecule has 0 unspecified atom stereocenters. The predicted octanol–water partition coefficient (Wildman–Crippen LogP) is 1.08. The number of thioether (sulfide) groups is 1. The van der Waals surface area contributed by atoms with Gasteiger partial charge in [-0.25, -0.2) is 4.39 Å². The van der Waals surface area contributed by atoms with E-state index in [0.717, 1.165) is 0 Å². The number of aromatic nitrogens is 3. The van der Waals surface area contributed by atoms with Crippen molar-refractivity contribution in [1.82, 2.24) is 20.1 Å². The molecule has 1 aliphatic heterocycles. The van der Waals surface area contributed by atoms with Crippen molar-refractivity contribution in [2.45, 2.75) is 0 Å². The Kier molecular flexibility index (Phi) is 4.05. The van der Waals surface area contributed by atoms with Gasteiger partial charge in [0.15, 0.2) is 5.82 Å². The molecule has 1 fully saturated rings. The van der Waals surface area contributed by atoms with E-state index < -0.39 is 0 Å². The number of carbonyl (C=O) groups is 2. The van der Waals surface area contributed by atoms with Gasteiger partial charge in [-0.3, -0.25) is 20.0 Å². The average Bonchev–Trinajstić information content (AvgIpc) is 3.10. The topological polar surface area (TPSA) is 91.0 Å². The molecule has 0 bridgehead atoms. The standard InChI is InChI=1S/C13H12FN5O2S/c14-9-3-1-8(2-4-9)12-16-13(18-17-12)15-10(20)5-19-7-22-6-11(19)21/h1-4H,5-7H2,(H2,15,16,17,18,20). The molecule has 1 aromatic carbocycles. The van der Waals surface area contributed by atoms with Crippen LogP contribution in [0.3, 0.4) is 0 Å². The number of aromatic amines is 1. The zero-order valence-corrected chi connectivity index (χ0v) is 12.2. The van der Waals surface area contributed by atoms with Gasteiger partial charge in [0.1, 0.15) is 12.4 Å². The van der Waals surface area contributed by atoms with Crippen LogP contribution in [-0.2, 0) is 9.59 Å². The molecule has 2 amide bonds. The third-order valence-corrected chi connectivity index (χ3v) is 3.96. The molecule has 9 heteroatoms. The van der Waals surface area contributed by atoms with Gasteiger partial charge in [0.25, 0.3) is 0 Å². The summed E-state index contributed by atoms with van der Waals surface area (Å²) >= 11 is 1.47. The van der Waals surface area contributed by atoms with Gasteiger partial charge in [-0.1, -0.05) is 0 Å². The van der Waals surface area contributed by atoms with E-state index in [1.54, 1.807) is 12.1 Å². The smallest absolute Gasteiger partial charge is 0.249 e. The maximum Gasteiger partial charge on any atom is 0.249 e. The summed E-state index contributed by atoms with van der Waals surface area (Å²) in [6, 6.07) is 5.74. The van der Waals surface area contributed by atoms with Crippen LogP contribution in [0.15, 0.2) is 24.3 Å². The second-order valence-electron chi connectivity index (χ2n) is 4.63. The molecule has 0 radical (unpaired) electrons. The van der Waals surface area contributed by atoms with Gasteiger partial charge in [0.05, 0.1) is 11.6 Å². The van der Waals surface area contributed by atoms with E-state index in [0.29, 0.717) is 23.0 Å². The maximum atomic E-state index is 12.9. The van der Waals surface area contributed by atoms with Crippen LogP contribution in [0, 0.1) is 5.82 Å². The van der Waals surface area contributed by atoms with Crippen LogP contribution >= 0.6 is 11.8 Å². The summed E-state index contributed by atoms with van der Waals surface area (Å²) in [6.45, 7) is -0.0216. The molecule has 2 aromatic rings. The van der Waals surface area contributed by atoms with Gasteiger partial charge in [-0.05, 0) is 24.3 Å². The maximum absolute atomic E-state index is 12.9. The quantitative estimate of drug-likeness (QED) is 0.879. The Morgan fingerprint density at radius 3 is 2.86 bits per heavy atom. The van der Waals surface area contributed by atoms with Gasteiger partial charge in [-0.15, -0.1) is 16.9 Å². The van der Waals surface area contributed by atoms with Crippen molar-refractivity contribution in [2.24, 2.45) is 0 Å². The summed E-state index contributed by atoms with van der Waals surface area (Å²) < 4.78 is 12.9. The molecule has 0 atom stereocenters. The number of H-pyrrole nitrogens is 1. The van der Waals surface area contributed by atoms with Crippen molar-refractivity contribution in [3.8, 4) is 11.4 Å². The minimum atomic E-state index is -0.361. The molecule has 22 heavy (non-hydrogen) atoms. The Bertz CT molecular complexity index is 703. The molecular formula is C13H12FN5O2S. The van der Waals surface area contributed by atoms with Crippen molar-refractivity contribution < 1.29 is 14.0 Å².